The molecule has 8 aromatic rings. The van der Waals surface area contributed by atoms with Crippen LogP contribution >= 0.6 is 0 Å². The molecule has 84 heavy (non-hydrogen) atoms. The van der Waals surface area contributed by atoms with Gasteiger partial charge >= 0.3 is 100 Å². The van der Waals surface area contributed by atoms with Crippen molar-refractivity contribution >= 4 is 70.4 Å². The summed E-state index contributed by atoms with van der Waals surface area (Å²) in [6, 6.07) is 14.2. The van der Waals surface area contributed by atoms with Crippen LogP contribution in [0.2, 0.25) is 0 Å². The van der Waals surface area contributed by atoms with Gasteiger partial charge in [-0.05, 0) is 92.6 Å². The number of benzene rings is 4. The first-order valence-electron chi connectivity index (χ1n) is 17.4. The standard InChI is InChI=1S/4C8H6N6O3.2Dy.14H2O/c4*15-6-2-1-4(3-5(6)7(16)17)9-10-8-11-13-14-12-8;;;;;;;;;;;;;;;;/h4*1-3,15H,(H,16,17)(H,11,12,13,14);;;14*1H2/q;;;;2*+3;;;;;;;;;;;;;;/p+2. The molecule has 0 unspecified atom stereocenters. The van der Waals surface area contributed by atoms with Gasteiger partial charge in [0.05, 0.1) is 46.6 Å². The van der Waals surface area contributed by atoms with E-state index in [0.717, 1.165) is 36.4 Å². The van der Waals surface area contributed by atoms with Gasteiger partial charge in [0.15, 0.2) is 0 Å². The maximum Gasteiger partial charge on any atom is 3.00 e. The topological polar surface area (TPSA) is 1020 Å². The minimum absolute atomic E-state index is 0. The van der Waals surface area contributed by atoms with Crippen LogP contribution in [-0.2, 0) is 43.8 Å². The molecule has 0 aliphatic heterocycles. The van der Waals surface area contributed by atoms with Gasteiger partial charge in [-0.1, -0.05) is 44.0 Å². The van der Waals surface area contributed by atoms with Crippen molar-refractivity contribution in [2.24, 2.45) is 40.9 Å². The number of nitrogens with zero attached hydrogens (tertiary/aromatic N) is 20. The molecule has 0 aliphatic rings. The number of hydrogen-bond acceptors (Lipinski definition) is 32. The van der Waals surface area contributed by atoms with Crippen molar-refractivity contribution in [3.8, 4) is 23.0 Å². The fourth-order valence-electron chi connectivity index (χ4n) is 4.18. The molecule has 4 heterocycles. The Labute approximate surface area is 521 Å². The summed E-state index contributed by atoms with van der Waals surface area (Å²) in [7, 11) is 0. The Hall–Kier alpha value is -9.37. The molecule has 0 spiro atoms. The van der Waals surface area contributed by atoms with Gasteiger partial charge in [0.2, 0.25) is 0 Å². The van der Waals surface area contributed by atoms with E-state index in [1.807, 2.05) is 0 Å². The molecule has 2 radical (unpaired) electrons. The summed E-state index contributed by atoms with van der Waals surface area (Å²) in [5.74, 6) is -8.23. The number of carbonyl (C=O) groups excluding carboxylic acids is 4. The van der Waals surface area contributed by atoms with Crippen molar-refractivity contribution in [1.29, 1.82) is 0 Å². The molecule has 0 saturated carbocycles. The molecule has 0 amide bonds. The number of aromatic hydroxyl groups is 2. The number of azo groups is 4. The van der Waals surface area contributed by atoms with E-state index in [4.69, 9.17) is 0 Å². The zero-order valence-electron chi connectivity index (χ0n) is 41.1. The molecule has 8 rings (SSSR count). The van der Waals surface area contributed by atoms with Crippen molar-refractivity contribution in [2.45, 2.75) is 0 Å². The third-order valence-corrected chi connectivity index (χ3v) is 7.12. The van der Waals surface area contributed by atoms with E-state index in [-0.39, 0.29) is 211 Å². The van der Waals surface area contributed by atoms with E-state index >= 15 is 0 Å². The number of H-pyrrole nitrogens is 4. The van der Waals surface area contributed by atoms with Gasteiger partial charge in [-0.2, -0.15) is 20.9 Å². The van der Waals surface area contributed by atoms with Crippen LogP contribution in [0.4, 0.5) is 46.5 Å². The number of aromatic amines is 4. The summed E-state index contributed by atoms with van der Waals surface area (Å²) in [5.41, 5.74) is -0.908. The number of tetrazole rings is 4. The van der Waals surface area contributed by atoms with Crippen molar-refractivity contribution in [1.82, 2.24) is 82.5 Å². The van der Waals surface area contributed by atoms with Crippen LogP contribution in [0.5, 0.6) is 23.0 Å². The van der Waals surface area contributed by atoms with E-state index in [2.05, 4.69) is 123 Å². The summed E-state index contributed by atoms with van der Waals surface area (Å²) < 4.78 is 0. The van der Waals surface area contributed by atoms with Gasteiger partial charge in [0.25, 0.3) is 0 Å². The number of aromatic carboxylic acids is 4. The van der Waals surface area contributed by atoms with Gasteiger partial charge in [-0.15, -0.1) is 61.3 Å². The fourth-order valence-corrected chi connectivity index (χ4v) is 4.18. The molecule has 470 valence electrons. The van der Waals surface area contributed by atoms with Crippen LogP contribution in [-0.4, -0.2) is 149 Å². The molecule has 0 fully saturated rings. The molecule has 4 aromatic heterocycles. The maximum absolute atomic E-state index is 11.1. The second-order valence-corrected chi connectivity index (χ2v) is 11.6. The molecule has 52 heteroatoms. The normalized spacial score (nSPS) is 8.76. The minimum atomic E-state index is -1.56. The molecule has 4 aromatic carbocycles. The third-order valence-electron chi connectivity index (χ3n) is 7.12. The number of carbonyl (C=O) groups is 4. The number of carboxylic acid groups (broad SMARTS) is 4. The van der Waals surface area contributed by atoms with Gasteiger partial charge in [0.1, 0.15) is 11.5 Å². The van der Waals surface area contributed by atoms with E-state index in [0.29, 0.717) is 0 Å². The molecular formula is C32H54Dy2N24O26+8. The van der Waals surface area contributed by atoms with Crippen LogP contribution in [0.25, 0.3) is 0 Å². The quantitative estimate of drug-likeness (QED) is 0.0489. The molecule has 0 bridgehead atoms. The summed E-state index contributed by atoms with van der Waals surface area (Å²) in [6.07, 6.45) is 0. The first kappa shape index (κ1) is 103. The SMILES string of the molecule is O.O.O.O.O.O.O=C([O-])c1cc(N=Nc2nn[nH]n2)ccc1O.O=C([O-])c1cc(N=Nc2nn[nH]n2)ccc1O.O=C([O-])c1cc(N=Nc2nn[nH]n2)ccc1[O-].O=C([O-])c1cc(N=Nc2nn[nH]n2)ccc1[O-].[Dy+3].[Dy+3].[OH3+].[OH3+].[OH3+].[OH3+].[OH3+].[OH3+].[OH3+].[OH3+]. The zero-order valence-corrected chi connectivity index (χ0v) is 45.2. The molecule has 50 nitrogen and oxygen atoms in total. The zero-order chi connectivity index (χ0) is 49.0. The van der Waals surface area contributed by atoms with Crippen molar-refractivity contribution in [3.05, 3.63) is 95.1 Å². The summed E-state index contributed by atoms with van der Waals surface area (Å²) in [4.78, 5) is 42.4. The first-order chi connectivity index (χ1) is 32.7. The number of rotatable bonds is 12. The number of nitrogens with one attached hydrogen (secondary N) is 4. The molecule has 0 aliphatic carbocycles. The predicted octanol–water partition coefficient (Wildman–Crippen LogP) is -14.9. The van der Waals surface area contributed by atoms with E-state index in [9.17, 15) is 60.0 Å². The van der Waals surface area contributed by atoms with Gasteiger partial charge < -0.3 is 137 Å². The van der Waals surface area contributed by atoms with Crippen LogP contribution in [0.3, 0.4) is 0 Å². The van der Waals surface area contributed by atoms with Crippen molar-refractivity contribution in [2.75, 3.05) is 0 Å². The van der Waals surface area contributed by atoms with Gasteiger partial charge in [0, 0.05) is 11.1 Å². The molecule has 0 atom stereocenters. The maximum atomic E-state index is 11.1. The predicted molar refractivity (Wildman–Crippen MR) is 259 cm³/mol. The van der Waals surface area contributed by atoms with E-state index in [1.165, 1.54) is 36.4 Å². The Morgan fingerprint density at radius 3 is 0.738 bits per heavy atom. The number of phenols is 2. The van der Waals surface area contributed by atoms with Gasteiger partial charge in [-0.3, -0.25) is 0 Å². The van der Waals surface area contributed by atoms with Gasteiger partial charge in [-0.25, -0.2) is 0 Å². The fraction of sp³-hybridized carbons (Fsp3) is 0. The Bertz CT molecular complexity index is 2720. The monoisotopic (exact) mass is 1520 g/mol. The summed E-state index contributed by atoms with van der Waals surface area (Å²) >= 11 is 0. The van der Waals surface area contributed by atoms with Crippen LogP contribution in [0.1, 0.15) is 41.4 Å². The van der Waals surface area contributed by atoms with Crippen LogP contribution in [0, 0.1) is 76.3 Å². The average Bonchev–Trinajstić information content (AvgIpc) is 4.19. The Kier molecular flexibility index (Phi) is 63.5. The van der Waals surface area contributed by atoms with E-state index in [1.54, 1.807) is 0 Å². The Balaban J connectivity index is -0.0000000774. The van der Waals surface area contributed by atoms with E-state index < -0.39 is 58.0 Å². The minimum Gasteiger partial charge on any atom is -0.872 e. The van der Waals surface area contributed by atoms with Crippen molar-refractivity contribution in [3.63, 3.8) is 0 Å². The second-order valence-electron chi connectivity index (χ2n) is 11.6. The summed E-state index contributed by atoms with van der Waals surface area (Å²) in [5, 5.41) is 162. The molecule has 42 N–H and O–H groups in total. The largest absolute Gasteiger partial charge is 3.00 e. The number of hydrogen-bond donors (Lipinski definition) is 6. The smallest absolute Gasteiger partial charge is 0.872 e. The third kappa shape index (κ3) is 32.8. The second kappa shape index (κ2) is 51.8. The first-order valence-corrected chi connectivity index (χ1v) is 17.4. The molecular weight excluding hydrogens is 1460 g/mol. The Morgan fingerprint density at radius 1 is 0.345 bits per heavy atom. The summed E-state index contributed by atoms with van der Waals surface area (Å²) in [6.45, 7) is 0. The number of aromatic nitrogens is 16. The van der Waals surface area contributed by atoms with Crippen molar-refractivity contribution < 1.29 is 213 Å². The average molecular weight is 1520 g/mol. The Morgan fingerprint density at radius 2 is 0.548 bits per heavy atom. The van der Waals surface area contributed by atoms with Crippen LogP contribution < -0.4 is 30.6 Å². The number of carboxylic acids is 4. The molecule has 0 saturated heterocycles. The van der Waals surface area contributed by atoms with Crippen LogP contribution in [0.15, 0.2) is 114 Å².